The van der Waals surface area contributed by atoms with E-state index in [0.717, 1.165) is 12.8 Å². The molecule has 104 valence electrons. The van der Waals surface area contributed by atoms with Gasteiger partial charge in [0, 0.05) is 24.8 Å². The molecule has 1 aliphatic heterocycles. The van der Waals surface area contributed by atoms with Crippen LogP contribution in [0.4, 0.5) is 5.69 Å². The number of hydrogen-bond acceptors (Lipinski definition) is 4. The van der Waals surface area contributed by atoms with Crippen LogP contribution in [0.5, 0.6) is 5.75 Å². The van der Waals surface area contributed by atoms with Crippen LogP contribution < -0.4 is 15.8 Å². The summed E-state index contributed by atoms with van der Waals surface area (Å²) in [6, 6.07) is 5.29. The molecule has 1 fully saturated rings. The van der Waals surface area contributed by atoms with Crippen molar-refractivity contribution in [3.8, 4) is 5.75 Å². The fraction of sp³-hybridized carbons (Fsp3) is 0.500. The highest BCUT2D eigenvalue weighted by Gasteiger charge is 2.17. The standard InChI is InChI=1S/C14H20N2O3/c1-2-19-13-9-10(3-4-12(13)15)14(17)16-11-5-7-18-8-6-11/h3-4,9,11H,2,5-8,15H2,1H3,(H,16,17). The smallest absolute Gasteiger partial charge is 0.251 e. The lowest BCUT2D eigenvalue weighted by atomic mass is 10.1. The van der Waals surface area contributed by atoms with Crippen molar-refractivity contribution in [2.45, 2.75) is 25.8 Å². The van der Waals surface area contributed by atoms with Crippen LogP contribution in [0.3, 0.4) is 0 Å². The van der Waals surface area contributed by atoms with Crippen LogP contribution in [0.25, 0.3) is 0 Å². The average Bonchev–Trinajstić information content (AvgIpc) is 2.42. The number of nitrogens with two attached hydrogens (primary N) is 1. The lowest BCUT2D eigenvalue weighted by molar-refractivity contribution is 0.0696. The summed E-state index contributed by atoms with van der Waals surface area (Å²) in [6.45, 7) is 3.82. The minimum atomic E-state index is -0.0900. The van der Waals surface area contributed by atoms with Gasteiger partial charge in [0.2, 0.25) is 0 Å². The molecule has 0 bridgehead atoms. The van der Waals surface area contributed by atoms with Crippen molar-refractivity contribution in [1.29, 1.82) is 0 Å². The van der Waals surface area contributed by atoms with Crippen molar-refractivity contribution in [1.82, 2.24) is 5.32 Å². The van der Waals surface area contributed by atoms with Gasteiger partial charge in [-0.3, -0.25) is 4.79 Å². The number of ether oxygens (including phenoxy) is 2. The summed E-state index contributed by atoms with van der Waals surface area (Å²) in [6.07, 6.45) is 1.72. The minimum absolute atomic E-state index is 0.0900. The molecule has 1 amide bonds. The molecule has 19 heavy (non-hydrogen) atoms. The second-order valence-electron chi connectivity index (χ2n) is 4.55. The van der Waals surface area contributed by atoms with Gasteiger partial charge in [-0.2, -0.15) is 0 Å². The number of carbonyl (C=O) groups excluding carboxylic acids is 1. The van der Waals surface area contributed by atoms with Gasteiger partial charge >= 0.3 is 0 Å². The van der Waals surface area contributed by atoms with Crippen LogP contribution in [-0.4, -0.2) is 31.8 Å². The maximum absolute atomic E-state index is 12.1. The van der Waals surface area contributed by atoms with E-state index in [2.05, 4.69) is 5.32 Å². The number of anilines is 1. The molecule has 1 aromatic carbocycles. The molecule has 0 atom stereocenters. The van der Waals surface area contributed by atoms with Gasteiger partial charge in [0.15, 0.2) is 0 Å². The van der Waals surface area contributed by atoms with Gasteiger partial charge in [0.05, 0.1) is 12.3 Å². The van der Waals surface area contributed by atoms with E-state index in [1.165, 1.54) is 0 Å². The Bertz CT molecular complexity index is 442. The van der Waals surface area contributed by atoms with E-state index in [4.69, 9.17) is 15.2 Å². The first-order valence-corrected chi connectivity index (χ1v) is 6.61. The highest BCUT2D eigenvalue weighted by molar-refractivity contribution is 5.95. The number of nitrogen functional groups attached to an aromatic ring is 1. The molecule has 0 unspecified atom stereocenters. The van der Waals surface area contributed by atoms with Gasteiger partial charge in [0.25, 0.3) is 5.91 Å². The highest BCUT2D eigenvalue weighted by atomic mass is 16.5. The first-order chi connectivity index (χ1) is 9.20. The van der Waals surface area contributed by atoms with Crippen molar-refractivity contribution in [2.24, 2.45) is 0 Å². The third-order valence-corrected chi connectivity index (χ3v) is 3.13. The number of hydrogen-bond donors (Lipinski definition) is 2. The fourth-order valence-corrected chi connectivity index (χ4v) is 2.07. The van der Waals surface area contributed by atoms with Crippen molar-refractivity contribution >= 4 is 11.6 Å². The van der Waals surface area contributed by atoms with E-state index >= 15 is 0 Å². The van der Waals surface area contributed by atoms with E-state index < -0.39 is 0 Å². The molecule has 5 heteroatoms. The molecule has 1 aromatic rings. The molecule has 0 radical (unpaired) electrons. The molecule has 5 nitrogen and oxygen atoms in total. The van der Waals surface area contributed by atoms with Gasteiger partial charge in [-0.25, -0.2) is 0 Å². The van der Waals surface area contributed by atoms with E-state index in [1.807, 2.05) is 6.92 Å². The van der Waals surface area contributed by atoms with Crippen LogP contribution in [0.1, 0.15) is 30.1 Å². The van der Waals surface area contributed by atoms with E-state index in [0.29, 0.717) is 36.8 Å². The van der Waals surface area contributed by atoms with Gasteiger partial charge in [-0.15, -0.1) is 0 Å². The number of carbonyl (C=O) groups is 1. The summed E-state index contributed by atoms with van der Waals surface area (Å²) in [4.78, 5) is 12.1. The first-order valence-electron chi connectivity index (χ1n) is 6.61. The molecule has 1 saturated heterocycles. The van der Waals surface area contributed by atoms with Crippen LogP contribution in [0, 0.1) is 0 Å². The molecule has 0 aromatic heterocycles. The Balaban J connectivity index is 2.03. The third kappa shape index (κ3) is 3.61. The molecule has 3 N–H and O–H groups in total. The maximum atomic E-state index is 12.1. The van der Waals surface area contributed by atoms with Crippen LogP contribution in [0.15, 0.2) is 18.2 Å². The second-order valence-corrected chi connectivity index (χ2v) is 4.55. The number of benzene rings is 1. The molecular weight excluding hydrogens is 244 g/mol. The topological polar surface area (TPSA) is 73.6 Å². The molecule has 0 aliphatic carbocycles. The Morgan fingerprint density at radius 1 is 1.47 bits per heavy atom. The Labute approximate surface area is 113 Å². The SMILES string of the molecule is CCOc1cc(C(=O)NC2CCOCC2)ccc1N. The molecule has 2 rings (SSSR count). The largest absolute Gasteiger partial charge is 0.492 e. The molecular formula is C14H20N2O3. The average molecular weight is 264 g/mol. The number of nitrogens with one attached hydrogen (secondary N) is 1. The Hall–Kier alpha value is -1.75. The zero-order valence-corrected chi connectivity index (χ0v) is 11.1. The van der Waals surface area contributed by atoms with Crippen molar-refractivity contribution in [3.05, 3.63) is 23.8 Å². The Kier molecular flexibility index (Phi) is 4.63. The van der Waals surface area contributed by atoms with Crippen molar-refractivity contribution < 1.29 is 14.3 Å². The van der Waals surface area contributed by atoms with Crippen LogP contribution >= 0.6 is 0 Å². The third-order valence-electron chi connectivity index (χ3n) is 3.13. The summed E-state index contributed by atoms with van der Waals surface area (Å²) in [5.41, 5.74) is 6.91. The summed E-state index contributed by atoms with van der Waals surface area (Å²) < 4.78 is 10.7. The summed E-state index contributed by atoms with van der Waals surface area (Å²) in [7, 11) is 0. The predicted octanol–water partition coefficient (Wildman–Crippen LogP) is 1.58. The van der Waals surface area contributed by atoms with Crippen LogP contribution in [0.2, 0.25) is 0 Å². The van der Waals surface area contributed by atoms with Gasteiger partial charge in [-0.1, -0.05) is 0 Å². The normalized spacial score (nSPS) is 16.1. The van der Waals surface area contributed by atoms with Gasteiger partial charge in [0.1, 0.15) is 5.75 Å². The minimum Gasteiger partial charge on any atom is -0.492 e. The lowest BCUT2D eigenvalue weighted by Crippen LogP contribution is -2.38. The molecule has 1 heterocycles. The molecule has 0 spiro atoms. The summed E-state index contributed by atoms with van der Waals surface area (Å²) >= 11 is 0. The predicted molar refractivity (Wildman–Crippen MR) is 73.3 cm³/mol. The molecule has 1 aliphatic rings. The van der Waals surface area contributed by atoms with Crippen molar-refractivity contribution in [2.75, 3.05) is 25.6 Å². The zero-order valence-electron chi connectivity index (χ0n) is 11.1. The first kappa shape index (κ1) is 13.7. The monoisotopic (exact) mass is 264 g/mol. The zero-order chi connectivity index (χ0) is 13.7. The van der Waals surface area contributed by atoms with Gasteiger partial charge in [-0.05, 0) is 38.0 Å². The Morgan fingerprint density at radius 2 is 2.21 bits per heavy atom. The maximum Gasteiger partial charge on any atom is 0.251 e. The van der Waals surface area contributed by atoms with E-state index in [9.17, 15) is 4.79 Å². The summed E-state index contributed by atoms with van der Waals surface area (Å²) in [5.74, 6) is 0.468. The van der Waals surface area contributed by atoms with Crippen molar-refractivity contribution in [3.63, 3.8) is 0 Å². The highest BCUT2D eigenvalue weighted by Crippen LogP contribution is 2.23. The fourth-order valence-electron chi connectivity index (χ4n) is 2.07. The van der Waals surface area contributed by atoms with E-state index in [1.54, 1.807) is 18.2 Å². The number of amides is 1. The van der Waals surface area contributed by atoms with Crippen LogP contribution in [-0.2, 0) is 4.74 Å². The Morgan fingerprint density at radius 3 is 2.89 bits per heavy atom. The summed E-state index contributed by atoms with van der Waals surface area (Å²) in [5, 5.41) is 3.01. The number of rotatable bonds is 4. The lowest BCUT2D eigenvalue weighted by Gasteiger charge is -2.23. The quantitative estimate of drug-likeness (QED) is 0.810. The molecule has 0 saturated carbocycles. The van der Waals surface area contributed by atoms with Gasteiger partial charge < -0.3 is 20.5 Å². The second kappa shape index (κ2) is 6.43. The van der Waals surface area contributed by atoms with E-state index in [-0.39, 0.29) is 11.9 Å².